The number of nitriles is 1. The van der Waals surface area contributed by atoms with Crippen LogP contribution in [0, 0.1) is 23.2 Å². The third-order valence-corrected chi connectivity index (χ3v) is 6.59. The van der Waals surface area contributed by atoms with Crippen LogP contribution < -0.4 is 11.2 Å². The molecule has 2 fully saturated rings. The average Bonchev–Trinajstić information content (AvgIpc) is 3.16. The number of pyridine rings is 1. The smallest absolute Gasteiger partial charge is 0.329 e. The van der Waals surface area contributed by atoms with E-state index < -0.39 is 0 Å². The molecule has 2 aliphatic rings. The fraction of sp³-hybridized carbons (Fsp3) is 0.524. The molecule has 1 saturated carbocycles. The molecule has 0 unspecified atom stereocenters. The summed E-state index contributed by atoms with van der Waals surface area (Å²) >= 11 is 0. The Hall–Kier alpha value is -2.92. The van der Waals surface area contributed by atoms with Gasteiger partial charge in [-0.3, -0.25) is 14.3 Å². The molecule has 1 aliphatic carbocycles. The number of hydrogen-bond donors (Lipinski definition) is 2. The van der Waals surface area contributed by atoms with Gasteiger partial charge in [-0.05, 0) is 43.6 Å². The number of hydrogen-bond acceptors (Lipinski definition) is 5. The van der Waals surface area contributed by atoms with Gasteiger partial charge in [0.15, 0.2) is 0 Å². The second kappa shape index (κ2) is 7.16. The zero-order valence-electron chi connectivity index (χ0n) is 16.2. The molecule has 8 heteroatoms. The summed E-state index contributed by atoms with van der Waals surface area (Å²) in [4.78, 5) is 37.4. The maximum atomic E-state index is 12.8. The largest absolute Gasteiger partial charge is 0.346 e. The van der Waals surface area contributed by atoms with Crippen LogP contribution in [0.3, 0.4) is 0 Å². The zero-order chi connectivity index (χ0) is 20.0. The predicted octanol–water partition coefficient (Wildman–Crippen LogP) is 2.14. The maximum absolute atomic E-state index is 12.8. The average molecular weight is 392 g/mol. The van der Waals surface area contributed by atoms with E-state index in [2.05, 4.69) is 25.9 Å². The Bertz CT molecular complexity index is 1200. The molecule has 0 aromatic carbocycles. The zero-order valence-corrected chi connectivity index (χ0v) is 16.2. The standard InChI is InChI=1S/C21H24N6O2/c22-7-5-14-11-26(12-14)10-13-1-3-15(4-2-13)27-18-16-6-8-23-19(16)24-9-17(18)20(28)25-21(27)29/h6,8-9,13-15H,1-5,10-12H2,(H,23,24)(H,25,28,29)/t13-,15-. The van der Waals surface area contributed by atoms with Gasteiger partial charge in [0, 0.05) is 49.9 Å². The van der Waals surface area contributed by atoms with Crippen molar-refractivity contribution in [3.63, 3.8) is 0 Å². The van der Waals surface area contributed by atoms with Crippen molar-refractivity contribution in [3.05, 3.63) is 39.3 Å². The van der Waals surface area contributed by atoms with Gasteiger partial charge < -0.3 is 9.88 Å². The number of nitrogens with one attached hydrogen (secondary N) is 2. The summed E-state index contributed by atoms with van der Waals surface area (Å²) < 4.78 is 1.79. The normalized spacial score (nSPS) is 23.3. The van der Waals surface area contributed by atoms with E-state index in [9.17, 15) is 9.59 Å². The molecule has 4 heterocycles. The Morgan fingerprint density at radius 2 is 1.93 bits per heavy atom. The van der Waals surface area contributed by atoms with Crippen LogP contribution in [0.4, 0.5) is 0 Å². The van der Waals surface area contributed by atoms with Gasteiger partial charge in [-0.15, -0.1) is 0 Å². The Morgan fingerprint density at radius 3 is 2.69 bits per heavy atom. The fourth-order valence-corrected chi connectivity index (χ4v) is 5.13. The third kappa shape index (κ3) is 3.15. The molecular weight excluding hydrogens is 368 g/mol. The van der Waals surface area contributed by atoms with E-state index in [1.165, 1.54) is 0 Å². The first-order valence-corrected chi connectivity index (χ1v) is 10.3. The van der Waals surface area contributed by atoms with E-state index in [0.717, 1.165) is 50.7 Å². The van der Waals surface area contributed by atoms with Crippen molar-refractivity contribution in [3.8, 4) is 6.07 Å². The molecular formula is C21H24N6O2. The van der Waals surface area contributed by atoms with Gasteiger partial charge in [0.25, 0.3) is 5.56 Å². The van der Waals surface area contributed by atoms with Crippen LogP contribution in [0.5, 0.6) is 0 Å². The lowest BCUT2D eigenvalue weighted by Gasteiger charge is -2.41. The minimum absolute atomic E-state index is 0.0846. The van der Waals surface area contributed by atoms with Crippen molar-refractivity contribution in [1.29, 1.82) is 5.26 Å². The van der Waals surface area contributed by atoms with Crippen molar-refractivity contribution >= 4 is 21.9 Å². The lowest BCUT2D eigenvalue weighted by atomic mass is 9.84. The van der Waals surface area contributed by atoms with Gasteiger partial charge >= 0.3 is 5.69 Å². The summed E-state index contributed by atoms with van der Waals surface area (Å²) in [5.74, 6) is 1.17. The number of H-pyrrole nitrogens is 2. The minimum Gasteiger partial charge on any atom is -0.346 e. The molecule has 1 aliphatic heterocycles. The Kier molecular flexibility index (Phi) is 4.47. The molecule has 5 rings (SSSR count). The molecule has 150 valence electrons. The second-order valence-electron chi connectivity index (χ2n) is 8.51. The number of rotatable bonds is 4. The quantitative estimate of drug-likeness (QED) is 0.707. The number of aromatic nitrogens is 4. The van der Waals surface area contributed by atoms with E-state index >= 15 is 0 Å². The molecule has 2 N–H and O–H groups in total. The molecule has 3 aromatic heterocycles. The van der Waals surface area contributed by atoms with Gasteiger partial charge in [0.05, 0.1) is 17.0 Å². The van der Waals surface area contributed by atoms with Gasteiger partial charge in [-0.2, -0.15) is 5.26 Å². The van der Waals surface area contributed by atoms with E-state index in [1.54, 1.807) is 17.0 Å². The lowest BCUT2D eigenvalue weighted by Crippen LogP contribution is -2.48. The van der Waals surface area contributed by atoms with Crippen molar-refractivity contribution in [2.75, 3.05) is 19.6 Å². The van der Waals surface area contributed by atoms with Crippen molar-refractivity contribution in [1.82, 2.24) is 24.4 Å². The van der Waals surface area contributed by atoms with Crippen LogP contribution in [0.2, 0.25) is 0 Å². The summed E-state index contributed by atoms with van der Waals surface area (Å²) in [5.41, 5.74) is 0.669. The van der Waals surface area contributed by atoms with Gasteiger partial charge in [0.2, 0.25) is 0 Å². The van der Waals surface area contributed by atoms with E-state index in [4.69, 9.17) is 5.26 Å². The first-order chi connectivity index (χ1) is 14.1. The highest BCUT2D eigenvalue weighted by molar-refractivity contribution is 6.01. The summed E-state index contributed by atoms with van der Waals surface area (Å²) in [6, 6.07) is 4.23. The van der Waals surface area contributed by atoms with E-state index in [1.807, 2.05) is 6.07 Å². The SMILES string of the molecule is N#CCC1CN(C[C@H]2CC[C@H](n3c(=O)[nH]c(=O)c4cnc5[nH]ccc5c43)CC2)C1. The van der Waals surface area contributed by atoms with Crippen molar-refractivity contribution in [2.24, 2.45) is 11.8 Å². The topological polar surface area (TPSA) is 111 Å². The first kappa shape index (κ1) is 18.1. The Labute approximate surface area is 167 Å². The molecule has 0 radical (unpaired) electrons. The lowest BCUT2D eigenvalue weighted by molar-refractivity contribution is 0.0715. The minimum atomic E-state index is -0.379. The molecule has 8 nitrogen and oxygen atoms in total. The molecule has 0 atom stereocenters. The number of aromatic amines is 2. The van der Waals surface area contributed by atoms with Crippen LogP contribution in [0.1, 0.15) is 38.1 Å². The summed E-state index contributed by atoms with van der Waals surface area (Å²) in [5, 5.41) is 10.1. The highest BCUT2D eigenvalue weighted by Crippen LogP contribution is 2.35. The summed E-state index contributed by atoms with van der Waals surface area (Å²) in [6.45, 7) is 3.16. The molecule has 29 heavy (non-hydrogen) atoms. The van der Waals surface area contributed by atoms with Crippen molar-refractivity contribution in [2.45, 2.75) is 38.1 Å². The number of likely N-dealkylation sites (tertiary alicyclic amines) is 1. The number of fused-ring (bicyclic) bond motifs is 3. The van der Waals surface area contributed by atoms with Crippen molar-refractivity contribution < 1.29 is 0 Å². The van der Waals surface area contributed by atoms with Crippen LogP contribution in [0.15, 0.2) is 28.0 Å². The number of nitrogens with zero attached hydrogens (tertiary/aromatic N) is 4. The van der Waals surface area contributed by atoms with Crippen LogP contribution in [-0.2, 0) is 0 Å². The molecule has 3 aromatic rings. The van der Waals surface area contributed by atoms with E-state index in [0.29, 0.717) is 34.8 Å². The Morgan fingerprint density at radius 1 is 1.14 bits per heavy atom. The maximum Gasteiger partial charge on any atom is 0.329 e. The van der Waals surface area contributed by atoms with Crippen LogP contribution in [-0.4, -0.2) is 44.1 Å². The highest BCUT2D eigenvalue weighted by atomic mass is 16.2. The second-order valence-corrected chi connectivity index (χ2v) is 8.51. The molecule has 0 amide bonds. The molecule has 1 saturated heterocycles. The van der Waals surface area contributed by atoms with Gasteiger partial charge in [-0.25, -0.2) is 9.78 Å². The van der Waals surface area contributed by atoms with Crippen LogP contribution in [0.25, 0.3) is 21.9 Å². The first-order valence-electron chi connectivity index (χ1n) is 10.3. The van der Waals surface area contributed by atoms with E-state index in [-0.39, 0.29) is 17.3 Å². The van der Waals surface area contributed by atoms with Gasteiger partial charge in [0.1, 0.15) is 5.65 Å². The molecule has 0 spiro atoms. The molecule has 0 bridgehead atoms. The fourth-order valence-electron chi connectivity index (χ4n) is 5.13. The monoisotopic (exact) mass is 392 g/mol. The third-order valence-electron chi connectivity index (χ3n) is 6.59. The summed E-state index contributed by atoms with van der Waals surface area (Å²) in [7, 11) is 0. The Balaban J connectivity index is 1.37. The highest BCUT2D eigenvalue weighted by Gasteiger charge is 2.31. The van der Waals surface area contributed by atoms with Gasteiger partial charge in [-0.1, -0.05) is 0 Å². The predicted molar refractivity (Wildman–Crippen MR) is 110 cm³/mol. The van der Waals surface area contributed by atoms with Crippen LogP contribution >= 0.6 is 0 Å². The summed E-state index contributed by atoms with van der Waals surface area (Å²) in [6.07, 6.45) is 7.99.